The van der Waals surface area contributed by atoms with Gasteiger partial charge in [-0.25, -0.2) is 0 Å². The first kappa shape index (κ1) is 17.4. The van der Waals surface area contributed by atoms with Crippen molar-refractivity contribution in [3.63, 3.8) is 0 Å². The van der Waals surface area contributed by atoms with Crippen molar-refractivity contribution in [3.8, 4) is 5.75 Å². The molecule has 1 amide bonds. The van der Waals surface area contributed by atoms with Gasteiger partial charge in [0.05, 0.1) is 5.02 Å². The molecule has 1 unspecified atom stereocenters. The van der Waals surface area contributed by atoms with Crippen LogP contribution in [0.2, 0.25) is 10.0 Å². The summed E-state index contributed by atoms with van der Waals surface area (Å²) in [5.74, 6) is 0.309. The predicted molar refractivity (Wildman–Crippen MR) is 89.8 cm³/mol. The molecule has 4 nitrogen and oxygen atoms in total. The van der Waals surface area contributed by atoms with E-state index in [1.165, 1.54) is 0 Å². The lowest BCUT2D eigenvalue weighted by Crippen LogP contribution is -2.48. The highest BCUT2D eigenvalue weighted by Gasteiger charge is 2.23. The highest BCUT2D eigenvalue weighted by Crippen LogP contribution is 2.28. The molecule has 0 saturated carbocycles. The molecule has 6 heteroatoms. The first-order valence-corrected chi connectivity index (χ1v) is 8.39. The van der Waals surface area contributed by atoms with Crippen molar-refractivity contribution in [3.05, 3.63) is 28.2 Å². The molecule has 1 N–H and O–H groups in total. The first-order chi connectivity index (χ1) is 10.5. The molecule has 122 valence electrons. The van der Waals surface area contributed by atoms with Crippen molar-refractivity contribution in [2.24, 2.45) is 0 Å². The Morgan fingerprint density at radius 1 is 1.41 bits per heavy atom. The Morgan fingerprint density at radius 2 is 2.09 bits per heavy atom. The molecular formula is C16H22Cl2N2O2. The van der Waals surface area contributed by atoms with Crippen molar-refractivity contribution < 1.29 is 9.53 Å². The Morgan fingerprint density at radius 3 is 2.73 bits per heavy atom. The molecule has 1 aliphatic heterocycles. The van der Waals surface area contributed by atoms with Gasteiger partial charge in [0, 0.05) is 30.2 Å². The van der Waals surface area contributed by atoms with Gasteiger partial charge in [-0.15, -0.1) is 0 Å². The van der Waals surface area contributed by atoms with Crippen LogP contribution in [-0.2, 0) is 4.79 Å². The fourth-order valence-corrected chi connectivity index (χ4v) is 2.85. The Balaban J connectivity index is 1.86. The maximum Gasteiger partial charge on any atom is 0.260 e. The molecule has 0 spiro atoms. The number of hydrogen-bond donors (Lipinski definition) is 1. The number of carbonyl (C=O) groups is 1. The number of nitrogens with zero attached hydrogens (tertiary/aromatic N) is 1. The number of nitrogens with one attached hydrogen (secondary N) is 1. The minimum Gasteiger partial charge on any atom is -0.479 e. The van der Waals surface area contributed by atoms with Gasteiger partial charge in [-0.05, 0) is 38.4 Å². The lowest BCUT2D eigenvalue weighted by atomic mass is 10.0. The van der Waals surface area contributed by atoms with E-state index in [4.69, 9.17) is 27.9 Å². The van der Waals surface area contributed by atoms with Crippen LogP contribution in [0.25, 0.3) is 0 Å². The van der Waals surface area contributed by atoms with Crippen molar-refractivity contribution >= 4 is 29.1 Å². The number of halogens is 2. The topological polar surface area (TPSA) is 41.6 Å². The fourth-order valence-electron chi connectivity index (χ4n) is 2.52. The lowest BCUT2D eigenvalue weighted by molar-refractivity contribution is -0.128. The molecule has 1 aliphatic rings. The molecule has 1 aromatic rings. The molecule has 22 heavy (non-hydrogen) atoms. The van der Waals surface area contributed by atoms with Crippen LogP contribution in [0, 0.1) is 0 Å². The van der Waals surface area contributed by atoms with Gasteiger partial charge < -0.3 is 15.0 Å². The van der Waals surface area contributed by atoms with Crippen molar-refractivity contribution in [2.45, 2.75) is 38.8 Å². The second kappa shape index (κ2) is 8.04. The Hall–Kier alpha value is -0.970. The number of hydrogen-bond acceptors (Lipinski definition) is 3. The summed E-state index contributed by atoms with van der Waals surface area (Å²) < 4.78 is 5.63. The van der Waals surface area contributed by atoms with Crippen LogP contribution in [0.15, 0.2) is 18.2 Å². The fraction of sp³-hybridized carbons (Fsp3) is 0.562. The normalized spacial score (nSPS) is 18.0. The van der Waals surface area contributed by atoms with Gasteiger partial charge >= 0.3 is 0 Å². The molecule has 0 aliphatic carbocycles. The molecule has 0 aromatic heterocycles. The Bertz CT molecular complexity index is 517. The van der Waals surface area contributed by atoms with E-state index in [0.29, 0.717) is 15.8 Å². The van der Waals surface area contributed by atoms with Gasteiger partial charge in [0.25, 0.3) is 5.91 Å². The number of carbonyl (C=O) groups excluding carboxylic acids is 1. The summed E-state index contributed by atoms with van der Waals surface area (Å²) >= 11 is 12.0. The molecule has 0 bridgehead atoms. The van der Waals surface area contributed by atoms with Crippen LogP contribution in [0.5, 0.6) is 5.75 Å². The summed E-state index contributed by atoms with van der Waals surface area (Å²) in [6.07, 6.45) is 1.34. The van der Waals surface area contributed by atoms with Gasteiger partial charge in [0.15, 0.2) is 6.10 Å². The maximum absolute atomic E-state index is 12.2. The average Bonchev–Trinajstić information content (AvgIpc) is 2.51. The van der Waals surface area contributed by atoms with Crippen molar-refractivity contribution in [2.75, 3.05) is 19.6 Å². The molecule has 0 radical (unpaired) electrons. The SMILES string of the molecule is CCN1CCC(NC(=O)C(C)Oc2cc(Cl)ccc2Cl)CC1. The van der Waals surface area contributed by atoms with Crippen LogP contribution in [0.3, 0.4) is 0 Å². The van der Waals surface area contributed by atoms with E-state index in [2.05, 4.69) is 17.1 Å². The third-order valence-electron chi connectivity index (χ3n) is 3.95. The second-order valence-corrected chi connectivity index (χ2v) is 6.40. The summed E-state index contributed by atoms with van der Waals surface area (Å²) in [5.41, 5.74) is 0. The standard InChI is InChI=1S/C16H22Cl2N2O2/c1-3-20-8-6-13(7-9-20)19-16(21)11(2)22-15-10-12(17)4-5-14(15)18/h4-5,10-11,13H,3,6-9H2,1-2H3,(H,19,21). The summed E-state index contributed by atoms with van der Waals surface area (Å²) in [6.45, 7) is 6.98. The quantitative estimate of drug-likeness (QED) is 0.890. The van der Waals surface area contributed by atoms with Gasteiger partial charge in [-0.2, -0.15) is 0 Å². The van der Waals surface area contributed by atoms with Crippen molar-refractivity contribution in [1.29, 1.82) is 0 Å². The van der Waals surface area contributed by atoms with E-state index in [9.17, 15) is 4.79 Å². The zero-order chi connectivity index (χ0) is 16.1. The largest absolute Gasteiger partial charge is 0.479 e. The number of amides is 1. The highest BCUT2D eigenvalue weighted by molar-refractivity contribution is 6.34. The number of likely N-dealkylation sites (tertiary alicyclic amines) is 1. The van der Waals surface area contributed by atoms with Crippen LogP contribution < -0.4 is 10.1 Å². The number of ether oxygens (including phenoxy) is 1. The van der Waals surface area contributed by atoms with E-state index in [1.54, 1.807) is 25.1 Å². The van der Waals surface area contributed by atoms with E-state index >= 15 is 0 Å². The Labute approximate surface area is 141 Å². The number of rotatable bonds is 5. The van der Waals surface area contributed by atoms with Gasteiger partial charge in [-0.3, -0.25) is 4.79 Å². The van der Waals surface area contributed by atoms with Crippen LogP contribution in [0.1, 0.15) is 26.7 Å². The predicted octanol–water partition coefficient (Wildman–Crippen LogP) is 3.36. The number of benzene rings is 1. The van der Waals surface area contributed by atoms with Crippen LogP contribution in [-0.4, -0.2) is 42.6 Å². The van der Waals surface area contributed by atoms with E-state index in [-0.39, 0.29) is 11.9 Å². The summed E-state index contributed by atoms with van der Waals surface area (Å²) in [4.78, 5) is 14.6. The smallest absolute Gasteiger partial charge is 0.260 e. The zero-order valence-corrected chi connectivity index (χ0v) is 14.5. The van der Waals surface area contributed by atoms with E-state index in [1.807, 2.05) is 0 Å². The molecule has 1 aromatic carbocycles. The monoisotopic (exact) mass is 344 g/mol. The highest BCUT2D eigenvalue weighted by atomic mass is 35.5. The average molecular weight is 345 g/mol. The van der Waals surface area contributed by atoms with E-state index < -0.39 is 6.10 Å². The van der Waals surface area contributed by atoms with E-state index in [0.717, 1.165) is 32.5 Å². The summed E-state index contributed by atoms with van der Waals surface area (Å²) in [7, 11) is 0. The second-order valence-electron chi connectivity index (χ2n) is 5.55. The zero-order valence-electron chi connectivity index (χ0n) is 12.9. The summed E-state index contributed by atoms with van der Waals surface area (Å²) in [5, 5.41) is 4.02. The van der Waals surface area contributed by atoms with Gasteiger partial charge in [0.1, 0.15) is 5.75 Å². The lowest BCUT2D eigenvalue weighted by Gasteiger charge is -2.32. The van der Waals surface area contributed by atoms with Crippen LogP contribution in [0.4, 0.5) is 0 Å². The van der Waals surface area contributed by atoms with Gasteiger partial charge in [-0.1, -0.05) is 30.1 Å². The minimum atomic E-state index is -0.611. The maximum atomic E-state index is 12.2. The van der Waals surface area contributed by atoms with Crippen molar-refractivity contribution in [1.82, 2.24) is 10.2 Å². The molecule has 1 saturated heterocycles. The van der Waals surface area contributed by atoms with Gasteiger partial charge in [0.2, 0.25) is 0 Å². The molecule has 2 rings (SSSR count). The first-order valence-electron chi connectivity index (χ1n) is 7.64. The number of piperidine rings is 1. The molecule has 1 heterocycles. The minimum absolute atomic E-state index is 0.119. The van der Waals surface area contributed by atoms with Crippen LogP contribution >= 0.6 is 23.2 Å². The Kier molecular flexibility index (Phi) is 6.36. The summed E-state index contributed by atoms with van der Waals surface area (Å²) in [6, 6.07) is 5.18. The molecular weight excluding hydrogens is 323 g/mol. The third-order valence-corrected chi connectivity index (χ3v) is 4.49. The molecule has 1 fully saturated rings. The molecule has 1 atom stereocenters. The third kappa shape index (κ3) is 4.77.